The van der Waals surface area contributed by atoms with Gasteiger partial charge in [-0.1, -0.05) is 126 Å². The Bertz CT molecular complexity index is 2780. The van der Waals surface area contributed by atoms with Gasteiger partial charge < -0.3 is 9.47 Å². The van der Waals surface area contributed by atoms with Gasteiger partial charge in [0.2, 0.25) is 0 Å². The lowest BCUT2D eigenvalue weighted by Crippen LogP contribution is -2.38. The van der Waals surface area contributed by atoms with Crippen LogP contribution in [0.4, 0.5) is 17.1 Å². The molecule has 0 saturated carbocycles. The van der Waals surface area contributed by atoms with Gasteiger partial charge in [-0.3, -0.25) is 0 Å². The molecule has 0 atom stereocenters. The molecule has 2 aliphatic heterocycles. The molecule has 11 rings (SSSR count). The standard InChI is InChI=1S/C51H42N2/c1-49(2)38-19-11-10-18-34(38)35-29-37-36-26-31(24-25-44(36)52(47(37)30-41(35)49)33-16-8-7-9-17-33)32-27-42-48-43(28-32)51(5,6)40-21-13-15-23-46(40)53(48)45-22-14-12-20-39(45)50(42,3)4/h7-30H,1-6H3. The number of anilines is 3. The van der Waals surface area contributed by atoms with Gasteiger partial charge in [0, 0.05) is 32.7 Å². The maximum Gasteiger partial charge on any atom is 0.0544 e. The highest BCUT2D eigenvalue weighted by molar-refractivity contribution is 6.13. The molecule has 0 amide bonds. The smallest absolute Gasteiger partial charge is 0.0544 e. The Labute approximate surface area is 312 Å². The van der Waals surface area contributed by atoms with E-state index in [4.69, 9.17) is 0 Å². The SMILES string of the molecule is CC1(C)c2ccccc2-c2cc3c4cc(-c5cc6c7c(c5)C(C)(C)c5ccccc5N7c5ccccc5C6(C)C)ccc4n(-c4ccccc4)c3cc21. The first kappa shape index (κ1) is 30.7. The van der Waals surface area contributed by atoms with Crippen LogP contribution < -0.4 is 4.90 Å². The van der Waals surface area contributed by atoms with Crippen molar-refractivity contribution in [1.82, 2.24) is 4.57 Å². The van der Waals surface area contributed by atoms with Gasteiger partial charge in [-0.05, 0) is 116 Å². The summed E-state index contributed by atoms with van der Waals surface area (Å²) in [5, 5.41) is 2.58. The average molecular weight is 683 g/mol. The van der Waals surface area contributed by atoms with Crippen LogP contribution in [0.2, 0.25) is 0 Å². The van der Waals surface area contributed by atoms with Gasteiger partial charge >= 0.3 is 0 Å². The van der Waals surface area contributed by atoms with Crippen molar-refractivity contribution >= 4 is 38.9 Å². The minimum Gasteiger partial charge on any atom is -0.309 e. The second-order valence-electron chi connectivity index (χ2n) is 17.0. The molecule has 0 saturated heterocycles. The van der Waals surface area contributed by atoms with Crippen LogP contribution in [0, 0.1) is 0 Å². The van der Waals surface area contributed by atoms with E-state index in [1.54, 1.807) is 0 Å². The Morgan fingerprint density at radius 1 is 0.377 bits per heavy atom. The van der Waals surface area contributed by atoms with Crippen LogP contribution in [0.15, 0.2) is 146 Å². The molecule has 1 aliphatic carbocycles. The fraction of sp³-hybridized carbons (Fsp3) is 0.176. The Morgan fingerprint density at radius 2 is 0.925 bits per heavy atom. The molecule has 0 fully saturated rings. The molecule has 53 heavy (non-hydrogen) atoms. The third kappa shape index (κ3) is 3.88. The summed E-state index contributed by atoms with van der Waals surface area (Å²) in [6, 6.07) is 55.0. The first-order chi connectivity index (χ1) is 25.6. The number of benzene rings is 7. The predicted octanol–water partition coefficient (Wildman–Crippen LogP) is 13.5. The molecule has 7 aromatic carbocycles. The summed E-state index contributed by atoms with van der Waals surface area (Å²) >= 11 is 0. The van der Waals surface area contributed by atoms with Gasteiger partial charge in [0.25, 0.3) is 0 Å². The maximum absolute atomic E-state index is 2.55. The summed E-state index contributed by atoms with van der Waals surface area (Å²) < 4.78 is 2.47. The fourth-order valence-electron chi connectivity index (χ4n) is 10.3. The minimum atomic E-state index is -0.177. The second kappa shape index (κ2) is 10.2. The number of para-hydroxylation sites is 3. The van der Waals surface area contributed by atoms with Gasteiger partial charge in [0.05, 0.1) is 28.1 Å². The molecule has 0 bridgehead atoms. The highest BCUT2D eigenvalue weighted by Crippen LogP contribution is 2.61. The van der Waals surface area contributed by atoms with E-state index in [2.05, 4.69) is 197 Å². The molecular formula is C51H42N2. The summed E-state index contributed by atoms with van der Waals surface area (Å²) in [4.78, 5) is 2.55. The summed E-state index contributed by atoms with van der Waals surface area (Å²) in [7, 11) is 0. The summed E-state index contributed by atoms with van der Waals surface area (Å²) in [5.74, 6) is 0. The average Bonchev–Trinajstić information content (AvgIpc) is 3.61. The Morgan fingerprint density at radius 3 is 1.58 bits per heavy atom. The molecule has 3 heterocycles. The fourth-order valence-corrected chi connectivity index (χ4v) is 10.3. The number of nitrogens with zero attached hydrogens (tertiary/aromatic N) is 2. The van der Waals surface area contributed by atoms with E-state index < -0.39 is 0 Å². The van der Waals surface area contributed by atoms with E-state index in [9.17, 15) is 0 Å². The number of hydrogen-bond donors (Lipinski definition) is 0. The molecule has 1 aromatic heterocycles. The zero-order chi connectivity index (χ0) is 36.0. The molecule has 0 N–H and O–H groups in total. The molecular weight excluding hydrogens is 641 g/mol. The van der Waals surface area contributed by atoms with Crippen LogP contribution in [0.25, 0.3) is 49.7 Å². The van der Waals surface area contributed by atoms with Gasteiger partial charge in [-0.25, -0.2) is 0 Å². The van der Waals surface area contributed by atoms with E-state index in [-0.39, 0.29) is 16.2 Å². The quantitative estimate of drug-likeness (QED) is 0.176. The first-order valence-electron chi connectivity index (χ1n) is 19.0. The number of rotatable bonds is 2. The Balaban J connectivity index is 1.20. The number of fused-ring (bicyclic) bond motifs is 10. The summed E-state index contributed by atoms with van der Waals surface area (Å²) in [6.45, 7) is 14.4. The number of aromatic nitrogens is 1. The normalized spacial score (nSPS) is 16.5. The van der Waals surface area contributed by atoms with Crippen LogP contribution >= 0.6 is 0 Å². The van der Waals surface area contributed by atoms with Crippen molar-refractivity contribution in [3.8, 4) is 27.9 Å². The van der Waals surface area contributed by atoms with Gasteiger partial charge in [0.15, 0.2) is 0 Å². The largest absolute Gasteiger partial charge is 0.309 e. The molecule has 3 aliphatic rings. The van der Waals surface area contributed by atoms with E-state index in [1.807, 2.05) is 0 Å². The van der Waals surface area contributed by atoms with Crippen LogP contribution in [0.5, 0.6) is 0 Å². The van der Waals surface area contributed by atoms with Crippen molar-refractivity contribution in [1.29, 1.82) is 0 Å². The van der Waals surface area contributed by atoms with Gasteiger partial charge in [-0.2, -0.15) is 0 Å². The van der Waals surface area contributed by atoms with Gasteiger partial charge in [0.1, 0.15) is 0 Å². The van der Waals surface area contributed by atoms with Crippen molar-refractivity contribution in [2.24, 2.45) is 0 Å². The lowest BCUT2D eigenvalue weighted by atomic mass is 9.65. The maximum atomic E-state index is 2.55. The monoisotopic (exact) mass is 682 g/mol. The lowest BCUT2D eigenvalue weighted by Gasteiger charge is -2.49. The molecule has 8 aromatic rings. The molecule has 0 radical (unpaired) electrons. The van der Waals surface area contributed by atoms with Crippen molar-refractivity contribution < 1.29 is 0 Å². The number of hydrogen-bond acceptors (Lipinski definition) is 1. The lowest BCUT2D eigenvalue weighted by molar-refractivity contribution is 0.598. The predicted molar refractivity (Wildman–Crippen MR) is 223 cm³/mol. The van der Waals surface area contributed by atoms with Crippen molar-refractivity contribution in [2.75, 3.05) is 4.90 Å². The molecule has 2 nitrogen and oxygen atoms in total. The van der Waals surface area contributed by atoms with Crippen LogP contribution in [0.1, 0.15) is 74.9 Å². The molecule has 0 spiro atoms. The van der Waals surface area contributed by atoms with Crippen LogP contribution in [-0.4, -0.2) is 4.57 Å². The third-order valence-corrected chi connectivity index (χ3v) is 13.1. The summed E-state index contributed by atoms with van der Waals surface area (Å²) in [6.07, 6.45) is 0. The van der Waals surface area contributed by atoms with E-state index in [0.717, 1.165) is 0 Å². The second-order valence-corrected chi connectivity index (χ2v) is 17.0. The highest BCUT2D eigenvalue weighted by atomic mass is 15.2. The Hall–Kier alpha value is -5.86. The molecule has 256 valence electrons. The van der Waals surface area contributed by atoms with Crippen molar-refractivity contribution in [2.45, 2.75) is 57.8 Å². The zero-order valence-electron chi connectivity index (χ0n) is 31.3. The highest BCUT2D eigenvalue weighted by Gasteiger charge is 2.45. The third-order valence-electron chi connectivity index (χ3n) is 13.1. The van der Waals surface area contributed by atoms with E-state index >= 15 is 0 Å². The van der Waals surface area contributed by atoms with E-state index in [1.165, 1.54) is 100 Å². The molecule has 0 unspecified atom stereocenters. The van der Waals surface area contributed by atoms with Crippen LogP contribution in [-0.2, 0) is 16.2 Å². The molecule has 2 heteroatoms. The van der Waals surface area contributed by atoms with Crippen molar-refractivity contribution in [3.63, 3.8) is 0 Å². The first-order valence-corrected chi connectivity index (χ1v) is 19.0. The topological polar surface area (TPSA) is 8.17 Å². The summed E-state index contributed by atoms with van der Waals surface area (Å²) in [5.41, 5.74) is 20.7. The van der Waals surface area contributed by atoms with Crippen molar-refractivity contribution in [3.05, 3.63) is 179 Å². The minimum absolute atomic E-state index is 0.0709. The van der Waals surface area contributed by atoms with Gasteiger partial charge in [-0.15, -0.1) is 0 Å². The van der Waals surface area contributed by atoms with Crippen LogP contribution in [0.3, 0.4) is 0 Å². The zero-order valence-corrected chi connectivity index (χ0v) is 31.3. The van der Waals surface area contributed by atoms with E-state index in [0.29, 0.717) is 0 Å². The Kier molecular flexibility index (Phi) is 5.90.